The highest BCUT2D eigenvalue weighted by atomic mass is 127. The number of hydrogen-bond donors (Lipinski definition) is 0. The molecule has 8 heteroatoms. The SMILES string of the molecule is COc1c(Br)cc(Br)cc1/C=C1\SC(=O)N(Cc2ccc(I)cc2)C1=O. The predicted molar refractivity (Wildman–Crippen MR) is 119 cm³/mol. The van der Waals surface area contributed by atoms with Crippen LogP contribution in [0.3, 0.4) is 0 Å². The molecule has 0 N–H and O–H groups in total. The second kappa shape index (κ2) is 8.45. The first kappa shape index (κ1) is 19.9. The monoisotopic (exact) mass is 607 g/mol. The number of hydrogen-bond acceptors (Lipinski definition) is 4. The standard InChI is InChI=1S/C18H12Br2INO3S/c1-25-16-11(6-12(19)8-14(16)20)7-15-17(23)22(18(24)26-15)9-10-2-4-13(21)5-3-10/h2-8H,9H2,1H3/b15-7-. The minimum atomic E-state index is -0.295. The van der Waals surface area contributed by atoms with Crippen molar-refractivity contribution >= 4 is 83.4 Å². The lowest BCUT2D eigenvalue weighted by Crippen LogP contribution is -2.27. The minimum absolute atomic E-state index is 0.262. The number of methoxy groups -OCH3 is 1. The first-order chi connectivity index (χ1) is 12.4. The Labute approximate surface area is 185 Å². The number of carbonyl (C=O) groups excluding carboxylic acids is 2. The fourth-order valence-electron chi connectivity index (χ4n) is 2.45. The molecule has 0 radical (unpaired) electrons. The Hall–Kier alpha value is -0.840. The maximum Gasteiger partial charge on any atom is 0.293 e. The maximum absolute atomic E-state index is 12.7. The number of rotatable bonds is 4. The first-order valence-corrected chi connectivity index (χ1v) is 10.9. The van der Waals surface area contributed by atoms with Crippen molar-refractivity contribution in [3.63, 3.8) is 0 Å². The van der Waals surface area contributed by atoms with E-state index >= 15 is 0 Å². The van der Waals surface area contributed by atoms with E-state index in [-0.39, 0.29) is 17.7 Å². The van der Waals surface area contributed by atoms with Crippen molar-refractivity contribution in [2.24, 2.45) is 0 Å². The zero-order valence-corrected chi connectivity index (χ0v) is 19.6. The molecule has 1 heterocycles. The largest absolute Gasteiger partial charge is 0.495 e. The third-order valence-corrected chi connectivity index (χ3v) is 6.33. The van der Waals surface area contributed by atoms with E-state index in [0.717, 1.165) is 29.8 Å². The highest BCUT2D eigenvalue weighted by Gasteiger charge is 2.35. The lowest BCUT2D eigenvalue weighted by Gasteiger charge is -2.12. The first-order valence-electron chi connectivity index (χ1n) is 7.42. The van der Waals surface area contributed by atoms with Gasteiger partial charge in [0.25, 0.3) is 11.1 Å². The van der Waals surface area contributed by atoms with Gasteiger partial charge in [-0.05, 0) is 86.2 Å². The third-order valence-electron chi connectivity index (χ3n) is 3.66. The summed E-state index contributed by atoms with van der Waals surface area (Å²) in [6.07, 6.45) is 1.69. The van der Waals surface area contributed by atoms with Crippen LogP contribution in [0.2, 0.25) is 0 Å². The number of ether oxygens (including phenoxy) is 1. The summed E-state index contributed by atoms with van der Waals surface area (Å²) in [4.78, 5) is 26.7. The molecule has 0 atom stereocenters. The van der Waals surface area contributed by atoms with E-state index in [1.807, 2.05) is 36.4 Å². The van der Waals surface area contributed by atoms with Crippen LogP contribution in [0, 0.1) is 3.57 Å². The van der Waals surface area contributed by atoms with Crippen LogP contribution >= 0.6 is 66.2 Å². The summed E-state index contributed by atoms with van der Waals surface area (Å²) in [7, 11) is 1.56. The lowest BCUT2D eigenvalue weighted by molar-refractivity contribution is -0.123. The molecular formula is C18H12Br2INO3S. The molecule has 0 aromatic heterocycles. The Bertz CT molecular complexity index is 915. The van der Waals surface area contributed by atoms with Gasteiger partial charge in [-0.25, -0.2) is 0 Å². The number of nitrogens with zero attached hydrogens (tertiary/aromatic N) is 1. The van der Waals surface area contributed by atoms with Gasteiger partial charge in [-0.1, -0.05) is 28.1 Å². The van der Waals surface area contributed by atoms with Crippen LogP contribution in [0.1, 0.15) is 11.1 Å². The molecule has 0 spiro atoms. The van der Waals surface area contributed by atoms with Crippen molar-refractivity contribution in [2.75, 3.05) is 7.11 Å². The van der Waals surface area contributed by atoms with Crippen LogP contribution in [0.15, 0.2) is 50.2 Å². The summed E-state index contributed by atoms with van der Waals surface area (Å²) in [6, 6.07) is 11.4. The topological polar surface area (TPSA) is 46.6 Å². The fourth-order valence-corrected chi connectivity index (χ4v) is 5.06. The van der Waals surface area contributed by atoms with Gasteiger partial charge < -0.3 is 4.74 Å². The Balaban J connectivity index is 1.89. The average Bonchev–Trinajstić information content (AvgIpc) is 2.84. The molecule has 1 saturated heterocycles. The van der Waals surface area contributed by atoms with E-state index in [1.165, 1.54) is 4.90 Å². The summed E-state index contributed by atoms with van der Waals surface area (Å²) in [5.41, 5.74) is 1.63. The Morgan fingerprint density at radius 3 is 2.54 bits per heavy atom. The Morgan fingerprint density at radius 2 is 1.88 bits per heavy atom. The van der Waals surface area contributed by atoms with E-state index in [0.29, 0.717) is 16.2 Å². The molecule has 4 nitrogen and oxygen atoms in total. The van der Waals surface area contributed by atoms with Crippen LogP contribution in [0.25, 0.3) is 6.08 Å². The van der Waals surface area contributed by atoms with Crippen LogP contribution in [0.5, 0.6) is 5.75 Å². The minimum Gasteiger partial charge on any atom is -0.495 e. The molecule has 1 aliphatic heterocycles. The van der Waals surface area contributed by atoms with Crippen LogP contribution in [0.4, 0.5) is 4.79 Å². The highest BCUT2D eigenvalue weighted by Crippen LogP contribution is 2.38. The summed E-state index contributed by atoms with van der Waals surface area (Å²) in [5.74, 6) is 0.314. The smallest absolute Gasteiger partial charge is 0.293 e. The van der Waals surface area contributed by atoms with Gasteiger partial charge in [0.05, 0.1) is 23.0 Å². The number of benzene rings is 2. The molecule has 2 amide bonds. The molecule has 2 aromatic rings. The van der Waals surface area contributed by atoms with Crippen LogP contribution in [-0.4, -0.2) is 23.2 Å². The number of halogens is 3. The molecule has 2 aromatic carbocycles. The van der Waals surface area contributed by atoms with Gasteiger partial charge in [-0.3, -0.25) is 14.5 Å². The third kappa shape index (κ3) is 4.35. The Morgan fingerprint density at radius 1 is 1.19 bits per heavy atom. The van der Waals surface area contributed by atoms with Gasteiger partial charge in [0.15, 0.2) is 0 Å². The highest BCUT2D eigenvalue weighted by molar-refractivity contribution is 14.1. The summed E-state index contributed by atoms with van der Waals surface area (Å²) >= 11 is 10.0. The second-order valence-corrected chi connectivity index (χ2v) is 9.41. The molecule has 0 unspecified atom stereocenters. The fraction of sp³-hybridized carbons (Fsp3) is 0.111. The van der Waals surface area contributed by atoms with Gasteiger partial charge in [0.2, 0.25) is 0 Å². The average molecular weight is 609 g/mol. The van der Waals surface area contributed by atoms with E-state index in [4.69, 9.17) is 4.74 Å². The lowest BCUT2D eigenvalue weighted by atomic mass is 10.1. The van der Waals surface area contributed by atoms with Gasteiger partial charge in [-0.15, -0.1) is 0 Å². The van der Waals surface area contributed by atoms with Crippen molar-refractivity contribution in [2.45, 2.75) is 6.54 Å². The van der Waals surface area contributed by atoms with Crippen molar-refractivity contribution in [3.05, 3.63) is 64.9 Å². The number of thioether (sulfide) groups is 1. The van der Waals surface area contributed by atoms with E-state index < -0.39 is 0 Å². The predicted octanol–water partition coefficient (Wildman–Crippen LogP) is 6.06. The van der Waals surface area contributed by atoms with Gasteiger partial charge in [-0.2, -0.15) is 0 Å². The summed E-state index contributed by atoms with van der Waals surface area (Å²) in [6.45, 7) is 0.262. The van der Waals surface area contributed by atoms with Crippen molar-refractivity contribution < 1.29 is 14.3 Å². The van der Waals surface area contributed by atoms with Gasteiger partial charge in [0.1, 0.15) is 5.75 Å². The maximum atomic E-state index is 12.7. The second-order valence-electron chi connectivity index (χ2n) is 5.40. The van der Waals surface area contributed by atoms with Crippen LogP contribution < -0.4 is 4.74 Å². The molecule has 0 bridgehead atoms. The van der Waals surface area contributed by atoms with E-state index in [9.17, 15) is 9.59 Å². The number of carbonyl (C=O) groups is 2. The normalized spacial score (nSPS) is 15.8. The molecule has 26 heavy (non-hydrogen) atoms. The molecule has 0 aliphatic carbocycles. The summed E-state index contributed by atoms with van der Waals surface area (Å²) in [5, 5.41) is -0.271. The zero-order chi connectivity index (χ0) is 18.8. The molecule has 134 valence electrons. The molecule has 0 saturated carbocycles. The summed E-state index contributed by atoms with van der Waals surface area (Å²) < 4.78 is 8.11. The molecule has 1 fully saturated rings. The van der Waals surface area contributed by atoms with Gasteiger partial charge >= 0.3 is 0 Å². The van der Waals surface area contributed by atoms with Crippen molar-refractivity contribution in [3.8, 4) is 5.75 Å². The molecular weight excluding hydrogens is 597 g/mol. The van der Waals surface area contributed by atoms with Gasteiger partial charge in [0, 0.05) is 13.6 Å². The van der Waals surface area contributed by atoms with Crippen LogP contribution in [-0.2, 0) is 11.3 Å². The van der Waals surface area contributed by atoms with Crippen molar-refractivity contribution in [1.82, 2.24) is 4.90 Å². The van der Waals surface area contributed by atoms with E-state index in [1.54, 1.807) is 13.2 Å². The number of imide groups is 1. The van der Waals surface area contributed by atoms with Crippen molar-refractivity contribution in [1.29, 1.82) is 0 Å². The van der Waals surface area contributed by atoms with E-state index in [2.05, 4.69) is 54.5 Å². The quantitative estimate of drug-likeness (QED) is 0.313. The number of amides is 2. The molecule has 3 rings (SSSR count). The Kier molecular flexibility index (Phi) is 6.47. The zero-order valence-electron chi connectivity index (χ0n) is 13.5. The molecule has 1 aliphatic rings.